The van der Waals surface area contributed by atoms with Crippen LogP contribution >= 0.6 is 0 Å². The number of carbonyl (C=O) groups excluding carboxylic acids is 1. The topological polar surface area (TPSA) is 77.7 Å². The number of piperidine rings is 1. The van der Waals surface area contributed by atoms with Crippen molar-refractivity contribution in [3.05, 3.63) is 11.7 Å². The van der Waals surface area contributed by atoms with E-state index in [0.29, 0.717) is 19.1 Å². The van der Waals surface area contributed by atoms with Crippen LogP contribution in [0.25, 0.3) is 0 Å². The molecule has 1 aromatic rings. The minimum atomic E-state index is -0.268. The quantitative estimate of drug-likeness (QED) is 0.742. The Morgan fingerprint density at radius 1 is 1.21 bits per heavy atom. The van der Waals surface area contributed by atoms with E-state index in [4.69, 9.17) is 19.0 Å². The van der Waals surface area contributed by atoms with Gasteiger partial charge in [0.2, 0.25) is 11.8 Å². The van der Waals surface area contributed by atoms with Crippen molar-refractivity contribution in [2.75, 3.05) is 40.0 Å². The van der Waals surface area contributed by atoms with E-state index < -0.39 is 0 Å². The molecule has 2 saturated heterocycles. The third-order valence-corrected chi connectivity index (χ3v) is 6.86. The number of nitrogens with zero attached hydrogens (tertiary/aromatic N) is 3. The van der Waals surface area contributed by atoms with Gasteiger partial charge in [-0.15, -0.1) is 0 Å². The first-order valence-corrected chi connectivity index (χ1v) is 10.9. The molecule has 4 rings (SSSR count). The summed E-state index contributed by atoms with van der Waals surface area (Å²) in [6.07, 6.45) is 9.05. The number of likely N-dealkylation sites (tertiary alicyclic amines) is 1. The Morgan fingerprint density at radius 3 is 2.75 bits per heavy atom. The van der Waals surface area contributed by atoms with E-state index in [1.165, 1.54) is 12.8 Å². The molecular formula is C21H33N3O4. The number of methoxy groups -OCH3 is 1. The number of hydrogen-bond acceptors (Lipinski definition) is 6. The van der Waals surface area contributed by atoms with Crippen LogP contribution in [0.2, 0.25) is 0 Å². The van der Waals surface area contributed by atoms with Gasteiger partial charge < -0.3 is 18.9 Å². The molecule has 3 aliphatic rings. The molecule has 3 fully saturated rings. The highest BCUT2D eigenvalue weighted by molar-refractivity contribution is 5.79. The van der Waals surface area contributed by atoms with Crippen molar-refractivity contribution in [1.29, 1.82) is 0 Å². The summed E-state index contributed by atoms with van der Waals surface area (Å²) in [4.78, 5) is 20.0. The number of ether oxygens (including phenoxy) is 2. The molecule has 2 aliphatic heterocycles. The number of amides is 1. The van der Waals surface area contributed by atoms with Crippen molar-refractivity contribution in [3.8, 4) is 0 Å². The summed E-state index contributed by atoms with van der Waals surface area (Å²) in [5, 5.41) is 4.41. The van der Waals surface area contributed by atoms with E-state index in [0.717, 1.165) is 76.4 Å². The minimum Gasteiger partial charge on any atom is -0.385 e. The molecule has 0 bridgehead atoms. The van der Waals surface area contributed by atoms with Gasteiger partial charge in [-0.1, -0.05) is 18.0 Å². The lowest BCUT2D eigenvalue weighted by atomic mass is 9.76. The van der Waals surface area contributed by atoms with Gasteiger partial charge >= 0.3 is 0 Å². The Bertz CT molecular complexity index is 652. The SMILES string of the molecule is COCCC1(c2noc(C3CCOCC3)n2)CCCN(C(=O)C2CCCC2)C1. The van der Waals surface area contributed by atoms with Crippen LogP contribution in [0.15, 0.2) is 4.52 Å². The molecule has 0 radical (unpaired) electrons. The number of aromatic nitrogens is 2. The summed E-state index contributed by atoms with van der Waals surface area (Å²) < 4.78 is 16.6. The highest BCUT2D eigenvalue weighted by Crippen LogP contribution is 2.38. The van der Waals surface area contributed by atoms with Crippen LogP contribution < -0.4 is 0 Å². The number of carbonyl (C=O) groups is 1. The predicted molar refractivity (Wildman–Crippen MR) is 103 cm³/mol. The van der Waals surface area contributed by atoms with Crippen molar-refractivity contribution in [1.82, 2.24) is 15.0 Å². The molecule has 0 spiro atoms. The lowest BCUT2D eigenvalue weighted by molar-refractivity contribution is -0.138. The van der Waals surface area contributed by atoms with E-state index in [9.17, 15) is 4.79 Å². The molecule has 156 valence electrons. The molecule has 7 heteroatoms. The third-order valence-electron chi connectivity index (χ3n) is 6.86. The summed E-state index contributed by atoms with van der Waals surface area (Å²) in [6, 6.07) is 0. The van der Waals surface area contributed by atoms with Crippen LogP contribution in [0.3, 0.4) is 0 Å². The lowest BCUT2D eigenvalue weighted by Crippen LogP contribution is -2.51. The fourth-order valence-corrected chi connectivity index (χ4v) is 5.11. The fraction of sp³-hybridized carbons (Fsp3) is 0.857. The van der Waals surface area contributed by atoms with E-state index in [1.807, 2.05) is 0 Å². The third kappa shape index (κ3) is 4.10. The van der Waals surface area contributed by atoms with Gasteiger partial charge in [0.1, 0.15) is 0 Å². The summed E-state index contributed by atoms with van der Waals surface area (Å²) in [5.74, 6) is 2.31. The molecule has 1 atom stereocenters. The largest absolute Gasteiger partial charge is 0.385 e. The fourth-order valence-electron chi connectivity index (χ4n) is 5.11. The van der Waals surface area contributed by atoms with Crippen molar-refractivity contribution < 1.29 is 18.8 Å². The maximum Gasteiger partial charge on any atom is 0.229 e. The average molecular weight is 392 g/mol. The Balaban J connectivity index is 1.53. The molecule has 0 aromatic carbocycles. The van der Waals surface area contributed by atoms with Crippen molar-refractivity contribution in [2.45, 2.75) is 69.1 Å². The highest BCUT2D eigenvalue weighted by atomic mass is 16.5. The van der Waals surface area contributed by atoms with E-state index in [1.54, 1.807) is 7.11 Å². The van der Waals surface area contributed by atoms with Crippen molar-refractivity contribution >= 4 is 5.91 Å². The molecule has 1 amide bonds. The van der Waals surface area contributed by atoms with E-state index >= 15 is 0 Å². The summed E-state index contributed by atoms with van der Waals surface area (Å²) in [6.45, 7) is 3.65. The number of rotatable bonds is 6. The highest BCUT2D eigenvalue weighted by Gasteiger charge is 2.43. The minimum absolute atomic E-state index is 0.210. The monoisotopic (exact) mass is 391 g/mol. The zero-order chi connectivity index (χ0) is 19.4. The first-order valence-electron chi connectivity index (χ1n) is 10.9. The average Bonchev–Trinajstić information content (AvgIpc) is 3.45. The van der Waals surface area contributed by atoms with E-state index in [-0.39, 0.29) is 17.3 Å². The standard InChI is InChI=1S/C21H33N3O4/c1-26-14-10-21(20-22-18(28-23-20)16-7-12-27-13-8-16)9-4-11-24(15-21)19(25)17-5-2-3-6-17/h16-17H,2-15H2,1H3. The van der Waals surface area contributed by atoms with Crippen LogP contribution in [0.5, 0.6) is 0 Å². The van der Waals surface area contributed by atoms with Gasteiger partial charge in [0, 0.05) is 51.9 Å². The van der Waals surface area contributed by atoms with Crippen molar-refractivity contribution in [2.24, 2.45) is 5.92 Å². The Labute approximate surface area is 167 Å². The normalized spacial score (nSPS) is 27.4. The van der Waals surface area contributed by atoms with Gasteiger partial charge in [-0.25, -0.2) is 0 Å². The van der Waals surface area contributed by atoms with E-state index in [2.05, 4.69) is 10.1 Å². The Hall–Kier alpha value is -1.47. The van der Waals surface area contributed by atoms with Crippen LogP contribution in [0.1, 0.15) is 75.4 Å². The molecule has 1 aliphatic carbocycles. The van der Waals surface area contributed by atoms with Gasteiger partial charge in [-0.2, -0.15) is 4.98 Å². The van der Waals surface area contributed by atoms with Crippen LogP contribution in [-0.2, 0) is 19.7 Å². The molecule has 1 aromatic heterocycles. The maximum atomic E-state index is 13.1. The van der Waals surface area contributed by atoms with Gasteiger partial charge in [0.05, 0.1) is 5.41 Å². The molecule has 7 nitrogen and oxygen atoms in total. The van der Waals surface area contributed by atoms with Crippen LogP contribution in [0.4, 0.5) is 0 Å². The smallest absolute Gasteiger partial charge is 0.229 e. The van der Waals surface area contributed by atoms with Gasteiger partial charge in [-0.3, -0.25) is 4.79 Å². The Kier molecular flexibility index (Phi) is 6.31. The van der Waals surface area contributed by atoms with Crippen LogP contribution in [-0.4, -0.2) is 61.0 Å². The van der Waals surface area contributed by atoms with Gasteiger partial charge in [-0.05, 0) is 44.9 Å². The molecule has 3 heterocycles. The second kappa shape index (κ2) is 8.91. The van der Waals surface area contributed by atoms with Crippen LogP contribution in [0, 0.1) is 5.92 Å². The molecule has 1 unspecified atom stereocenters. The molecular weight excluding hydrogens is 358 g/mol. The summed E-state index contributed by atoms with van der Waals surface area (Å²) >= 11 is 0. The van der Waals surface area contributed by atoms with Crippen molar-refractivity contribution in [3.63, 3.8) is 0 Å². The summed E-state index contributed by atoms with van der Waals surface area (Å²) in [5.41, 5.74) is -0.268. The second-order valence-corrected chi connectivity index (χ2v) is 8.71. The number of hydrogen-bond donors (Lipinski definition) is 0. The molecule has 28 heavy (non-hydrogen) atoms. The van der Waals surface area contributed by atoms with Gasteiger partial charge in [0.15, 0.2) is 5.82 Å². The molecule has 1 saturated carbocycles. The maximum absolute atomic E-state index is 13.1. The zero-order valence-electron chi connectivity index (χ0n) is 17.0. The first kappa shape index (κ1) is 19.8. The van der Waals surface area contributed by atoms with Gasteiger partial charge in [0.25, 0.3) is 0 Å². The predicted octanol–water partition coefficient (Wildman–Crippen LogP) is 3.05. The second-order valence-electron chi connectivity index (χ2n) is 8.71. The molecule has 0 N–H and O–H groups in total. The lowest BCUT2D eigenvalue weighted by Gasteiger charge is -2.41. The Morgan fingerprint density at radius 2 is 2.00 bits per heavy atom. The zero-order valence-corrected chi connectivity index (χ0v) is 17.0. The summed E-state index contributed by atoms with van der Waals surface area (Å²) in [7, 11) is 1.72. The first-order chi connectivity index (χ1) is 13.7.